The van der Waals surface area contributed by atoms with Gasteiger partial charge in [-0.15, -0.1) is 0 Å². The Kier molecular flexibility index (Phi) is 10.6. The van der Waals surface area contributed by atoms with Crippen LogP contribution in [0.5, 0.6) is 5.75 Å². The van der Waals surface area contributed by atoms with Crippen LogP contribution in [0, 0.1) is 0 Å². The number of benzene rings is 1. The standard InChI is InChI=1S/C24H35N3O4/c1-4-6-8-14-25-24(29)21-18-31-22(26-21)17-27(15-9-7-5-2)23(28)16-19-10-12-20(30-3)13-11-19/h10-13,18H,4-9,14-17H2,1-3H3,(H,25,29). The number of nitrogens with one attached hydrogen (secondary N) is 1. The van der Waals surface area contributed by atoms with Gasteiger partial charge in [0.2, 0.25) is 11.8 Å². The summed E-state index contributed by atoms with van der Waals surface area (Å²) in [5.74, 6) is 0.896. The van der Waals surface area contributed by atoms with E-state index < -0.39 is 0 Å². The first-order valence-electron chi connectivity index (χ1n) is 11.2. The summed E-state index contributed by atoms with van der Waals surface area (Å²) in [7, 11) is 1.62. The number of oxazole rings is 1. The van der Waals surface area contributed by atoms with Crippen molar-refractivity contribution in [3.05, 3.63) is 47.7 Å². The zero-order valence-electron chi connectivity index (χ0n) is 19.0. The van der Waals surface area contributed by atoms with Crippen molar-refractivity contribution in [1.29, 1.82) is 0 Å². The minimum absolute atomic E-state index is 0.00466. The highest BCUT2D eigenvalue weighted by Gasteiger charge is 2.19. The summed E-state index contributed by atoms with van der Waals surface area (Å²) < 4.78 is 10.7. The van der Waals surface area contributed by atoms with Crippen LogP contribution in [0.2, 0.25) is 0 Å². The number of ether oxygens (including phenoxy) is 1. The number of aromatic nitrogens is 1. The molecule has 1 aromatic heterocycles. The van der Waals surface area contributed by atoms with Crippen molar-refractivity contribution in [3.63, 3.8) is 0 Å². The number of amides is 2. The van der Waals surface area contributed by atoms with Gasteiger partial charge in [-0.05, 0) is 30.5 Å². The lowest BCUT2D eigenvalue weighted by atomic mass is 10.1. The summed E-state index contributed by atoms with van der Waals surface area (Å²) in [6, 6.07) is 7.49. The van der Waals surface area contributed by atoms with E-state index in [1.54, 1.807) is 12.0 Å². The van der Waals surface area contributed by atoms with Gasteiger partial charge in [0.25, 0.3) is 5.91 Å². The topological polar surface area (TPSA) is 84.7 Å². The molecule has 0 aliphatic carbocycles. The molecule has 2 rings (SSSR count). The highest BCUT2D eigenvalue weighted by atomic mass is 16.5. The third-order valence-corrected chi connectivity index (χ3v) is 5.08. The molecule has 1 heterocycles. The fourth-order valence-corrected chi connectivity index (χ4v) is 3.19. The van der Waals surface area contributed by atoms with Crippen molar-refractivity contribution in [3.8, 4) is 5.75 Å². The molecule has 0 aliphatic rings. The van der Waals surface area contributed by atoms with Crippen LogP contribution < -0.4 is 10.1 Å². The number of hydrogen-bond acceptors (Lipinski definition) is 5. The molecule has 0 aliphatic heterocycles. The number of nitrogens with zero attached hydrogens (tertiary/aromatic N) is 2. The van der Waals surface area contributed by atoms with Crippen LogP contribution >= 0.6 is 0 Å². The summed E-state index contributed by atoms with van der Waals surface area (Å²) >= 11 is 0. The van der Waals surface area contributed by atoms with Crippen molar-refractivity contribution >= 4 is 11.8 Å². The molecule has 2 aromatic rings. The third-order valence-electron chi connectivity index (χ3n) is 5.08. The smallest absolute Gasteiger partial charge is 0.273 e. The molecule has 0 saturated carbocycles. The van der Waals surface area contributed by atoms with Crippen LogP contribution in [-0.2, 0) is 17.8 Å². The van der Waals surface area contributed by atoms with Crippen LogP contribution in [-0.4, -0.2) is 41.9 Å². The summed E-state index contributed by atoms with van der Waals surface area (Å²) in [6.45, 7) is 5.75. The van der Waals surface area contributed by atoms with Crippen molar-refractivity contribution in [2.24, 2.45) is 0 Å². The average Bonchev–Trinajstić information content (AvgIpc) is 3.25. The van der Waals surface area contributed by atoms with Crippen LogP contribution in [0.3, 0.4) is 0 Å². The molecule has 0 unspecified atom stereocenters. The zero-order chi connectivity index (χ0) is 22.5. The van der Waals surface area contributed by atoms with Crippen molar-refractivity contribution in [1.82, 2.24) is 15.2 Å². The molecule has 2 amide bonds. The largest absolute Gasteiger partial charge is 0.497 e. The molecule has 7 heteroatoms. The van der Waals surface area contributed by atoms with Crippen LogP contribution in [0.25, 0.3) is 0 Å². The Morgan fingerprint density at radius 1 is 1.06 bits per heavy atom. The Morgan fingerprint density at radius 3 is 2.45 bits per heavy atom. The summed E-state index contributed by atoms with van der Waals surface area (Å²) in [5, 5.41) is 2.85. The third kappa shape index (κ3) is 8.44. The maximum atomic E-state index is 13.0. The highest BCUT2D eigenvalue weighted by Crippen LogP contribution is 2.14. The van der Waals surface area contributed by atoms with Gasteiger partial charge >= 0.3 is 0 Å². The van der Waals surface area contributed by atoms with Crippen molar-refractivity contribution in [2.75, 3.05) is 20.2 Å². The number of hydrogen-bond donors (Lipinski definition) is 1. The molecule has 0 fully saturated rings. The molecule has 0 radical (unpaired) electrons. The lowest BCUT2D eigenvalue weighted by Gasteiger charge is -2.21. The second kappa shape index (κ2) is 13.5. The van der Waals surface area contributed by atoms with E-state index in [2.05, 4.69) is 24.1 Å². The van der Waals surface area contributed by atoms with E-state index in [4.69, 9.17) is 9.15 Å². The SMILES string of the molecule is CCCCCNC(=O)c1coc(CN(CCCCC)C(=O)Cc2ccc(OC)cc2)n1. The van der Waals surface area contributed by atoms with E-state index in [1.165, 1.54) is 6.26 Å². The molecule has 0 atom stereocenters. The minimum atomic E-state index is -0.242. The molecule has 0 saturated heterocycles. The summed E-state index contributed by atoms with van der Waals surface area (Å²) in [4.78, 5) is 31.2. The monoisotopic (exact) mass is 429 g/mol. The van der Waals surface area contributed by atoms with Crippen LogP contribution in [0.4, 0.5) is 0 Å². The second-order valence-electron chi connectivity index (χ2n) is 7.64. The van der Waals surface area contributed by atoms with Gasteiger partial charge in [0, 0.05) is 13.1 Å². The van der Waals surface area contributed by atoms with E-state index in [1.807, 2.05) is 24.3 Å². The van der Waals surface area contributed by atoms with Gasteiger partial charge in [0.1, 0.15) is 12.0 Å². The number of carbonyl (C=O) groups is 2. The predicted molar refractivity (Wildman–Crippen MR) is 120 cm³/mol. The van der Waals surface area contributed by atoms with Crippen LogP contribution in [0.1, 0.15) is 74.3 Å². The van der Waals surface area contributed by atoms with E-state index in [0.717, 1.165) is 49.8 Å². The van der Waals surface area contributed by atoms with E-state index in [0.29, 0.717) is 25.4 Å². The number of unbranched alkanes of at least 4 members (excludes halogenated alkanes) is 4. The normalized spacial score (nSPS) is 10.7. The Balaban J connectivity index is 1.98. The molecule has 0 spiro atoms. The first kappa shape index (κ1) is 24.4. The maximum Gasteiger partial charge on any atom is 0.273 e. The van der Waals surface area contributed by atoms with Gasteiger partial charge in [-0.2, -0.15) is 0 Å². The Hall–Kier alpha value is -2.83. The fourth-order valence-electron chi connectivity index (χ4n) is 3.19. The Bertz CT molecular complexity index is 801. The van der Waals surface area contributed by atoms with Gasteiger partial charge in [-0.25, -0.2) is 4.98 Å². The highest BCUT2D eigenvalue weighted by molar-refractivity contribution is 5.91. The average molecular weight is 430 g/mol. The molecule has 1 N–H and O–H groups in total. The summed E-state index contributed by atoms with van der Waals surface area (Å²) in [5.41, 5.74) is 1.17. The van der Waals surface area contributed by atoms with E-state index in [-0.39, 0.29) is 24.1 Å². The second-order valence-corrected chi connectivity index (χ2v) is 7.64. The zero-order valence-corrected chi connectivity index (χ0v) is 19.0. The molecule has 31 heavy (non-hydrogen) atoms. The Morgan fingerprint density at radius 2 is 1.77 bits per heavy atom. The Labute approximate surface area is 185 Å². The molecule has 0 bridgehead atoms. The van der Waals surface area contributed by atoms with Gasteiger partial charge in [0.15, 0.2) is 5.69 Å². The van der Waals surface area contributed by atoms with Gasteiger partial charge < -0.3 is 19.4 Å². The van der Waals surface area contributed by atoms with Crippen molar-refractivity contribution < 1.29 is 18.7 Å². The van der Waals surface area contributed by atoms with Gasteiger partial charge in [-0.1, -0.05) is 51.7 Å². The van der Waals surface area contributed by atoms with Gasteiger partial charge in [0.05, 0.1) is 20.1 Å². The number of rotatable bonds is 14. The van der Waals surface area contributed by atoms with Gasteiger partial charge in [-0.3, -0.25) is 9.59 Å². The molecular formula is C24H35N3O4. The van der Waals surface area contributed by atoms with Crippen molar-refractivity contribution in [2.45, 2.75) is 65.3 Å². The lowest BCUT2D eigenvalue weighted by Crippen LogP contribution is -2.33. The predicted octanol–water partition coefficient (Wildman–Crippen LogP) is 4.36. The van der Waals surface area contributed by atoms with E-state index >= 15 is 0 Å². The first-order valence-corrected chi connectivity index (χ1v) is 11.2. The number of carbonyl (C=O) groups excluding carboxylic acids is 2. The lowest BCUT2D eigenvalue weighted by molar-refractivity contribution is -0.131. The molecular weight excluding hydrogens is 394 g/mol. The van der Waals surface area contributed by atoms with Crippen LogP contribution in [0.15, 0.2) is 34.9 Å². The fraction of sp³-hybridized carbons (Fsp3) is 0.542. The molecule has 1 aromatic carbocycles. The van der Waals surface area contributed by atoms with E-state index in [9.17, 15) is 9.59 Å². The number of methoxy groups -OCH3 is 1. The maximum absolute atomic E-state index is 13.0. The summed E-state index contributed by atoms with van der Waals surface area (Å²) in [6.07, 6.45) is 7.81. The molecule has 170 valence electrons. The first-order chi connectivity index (χ1) is 15.1. The quantitative estimate of drug-likeness (QED) is 0.451. The molecule has 7 nitrogen and oxygen atoms in total. The minimum Gasteiger partial charge on any atom is -0.497 e.